The Kier molecular flexibility index (Phi) is 3.00. The molecule has 104 valence electrons. The maximum absolute atomic E-state index is 3.81. The molecule has 0 saturated heterocycles. The van der Waals surface area contributed by atoms with Crippen LogP contribution in [-0.2, 0) is 6.42 Å². The molecule has 0 spiro atoms. The standard InChI is InChI=1S/C17H25NS/c1-3-12-7-8-13(19-12)17(18-4-2)16-14-10-5-6-11(9-10)15(14)16/h7-8,10-11,14-18H,3-6,9H2,1-2H3. The van der Waals surface area contributed by atoms with Gasteiger partial charge in [0.05, 0.1) is 0 Å². The molecule has 0 aliphatic heterocycles. The lowest BCUT2D eigenvalue weighted by Crippen LogP contribution is -2.24. The molecular formula is C17H25NS. The number of rotatable bonds is 5. The fourth-order valence-corrected chi connectivity index (χ4v) is 6.32. The third-order valence-electron chi connectivity index (χ3n) is 5.94. The predicted octanol–water partition coefficient (Wildman–Crippen LogP) is 4.25. The van der Waals surface area contributed by atoms with Crippen LogP contribution >= 0.6 is 11.3 Å². The second kappa shape index (κ2) is 4.60. The van der Waals surface area contributed by atoms with Crippen molar-refractivity contribution in [3.8, 4) is 0 Å². The first-order chi connectivity index (χ1) is 9.33. The Morgan fingerprint density at radius 2 is 1.95 bits per heavy atom. The Morgan fingerprint density at radius 3 is 2.53 bits per heavy atom. The normalized spacial score (nSPS) is 40.4. The fourth-order valence-electron chi connectivity index (χ4n) is 5.24. The van der Waals surface area contributed by atoms with E-state index in [9.17, 15) is 0 Å². The highest BCUT2D eigenvalue weighted by Gasteiger charge is 2.66. The monoisotopic (exact) mass is 275 g/mol. The van der Waals surface area contributed by atoms with Crippen LogP contribution in [0.25, 0.3) is 0 Å². The molecule has 1 N–H and O–H groups in total. The third kappa shape index (κ3) is 1.83. The summed E-state index contributed by atoms with van der Waals surface area (Å²) in [6.45, 7) is 5.63. The largest absolute Gasteiger partial charge is 0.309 e. The lowest BCUT2D eigenvalue weighted by atomic mass is 9.96. The molecule has 1 heterocycles. The van der Waals surface area contributed by atoms with Crippen LogP contribution in [0.1, 0.15) is 48.9 Å². The van der Waals surface area contributed by atoms with Crippen molar-refractivity contribution < 1.29 is 0 Å². The quantitative estimate of drug-likeness (QED) is 0.847. The van der Waals surface area contributed by atoms with Gasteiger partial charge in [-0.1, -0.05) is 13.8 Å². The van der Waals surface area contributed by atoms with Crippen LogP contribution in [0, 0.1) is 29.6 Å². The maximum Gasteiger partial charge on any atom is 0.0449 e. The molecule has 1 aromatic rings. The molecule has 3 aliphatic carbocycles. The summed E-state index contributed by atoms with van der Waals surface area (Å²) in [7, 11) is 0. The molecule has 0 amide bonds. The second-order valence-corrected chi connectivity index (χ2v) is 7.96. The summed E-state index contributed by atoms with van der Waals surface area (Å²) in [5.74, 6) is 5.30. The minimum atomic E-state index is 0.661. The van der Waals surface area contributed by atoms with Gasteiger partial charge < -0.3 is 5.32 Å². The van der Waals surface area contributed by atoms with Gasteiger partial charge in [-0.2, -0.15) is 0 Å². The van der Waals surface area contributed by atoms with Crippen LogP contribution in [-0.4, -0.2) is 6.54 Å². The van der Waals surface area contributed by atoms with E-state index in [0.29, 0.717) is 6.04 Å². The number of hydrogen-bond acceptors (Lipinski definition) is 2. The Bertz CT molecular complexity index is 450. The summed E-state index contributed by atoms with van der Waals surface area (Å²) in [6, 6.07) is 5.40. The van der Waals surface area contributed by atoms with Crippen molar-refractivity contribution in [1.29, 1.82) is 0 Å². The van der Waals surface area contributed by atoms with Gasteiger partial charge in [0.1, 0.15) is 0 Å². The molecule has 3 aliphatic rings. The molecule has 1 nitrogen and oxygen atoms in total. The van der Waals surface area contributed by atoms with Gasteiger partial charge >= 0.3 is 0 Å². The first-order valence-corrected chi connectivity index (χ1v) is 8.97. The molecule has 5 atom stereocenters. The second-order valence-electron chi connectivity index (χ2n) is 6.76. The Hall–Kier alpha value is -0.340. The summed E-state index contributed by atoms with van der Waals surface area (Å²) in [6.07, 6.45) is 5.82. The molecule has 0 radical (unpaired) electrons. The summed E-state index contributed by atoms with van der Waals surface area (Å²) in [5, 5.41) is 3.81. The van der Waals surface area contributed by atoms with E-state index < -0.39 is 0 Å². The minimum Gasteiger partial charge on any atom is -0.309 e. The SMILES string of the molecule is CCNC(c1ccc(CC)s1)C1C2C3CCC(C3)C21. The van der Waals surface area contributed by atoms with Crippen LogP contribution in [0.3, 0.4) is 0 Å². The lowest BCUT2D eigenvalue weighted by Gasteiger charge is -2.20. The summed E-state index contributed by atoms with van der Waals surface area (Å²) < 4.78 is 0. The highest BCUT2D eigenvalue weighted by atomic mass is 32.1. The Balaban J connectivity index is 1.56. The number of nitrogens with one attached hydrogen (secondary N) is 1. The van der Waals surface area contributed by atoms with E-state index in [0.717, 1.165) is 36.1 Å². The number of hydrogen-bond donors (Lipinski definition) is 1. The minimum absolute atomic E-state index is 0.661. The predicted molar refractivity (Wildman–Crippen MR) is 81.4 cm³/mol. The van der Waals surface area contributed by atoms with Crippen molar-refractivity contribution in [3.63, 3.8) is 0 Å². The fraction of sp³-hybridized carbons (Fsp3) is 0.765. The average Bonchev–Trinajstić information content (AvgIpc) is 2.84. The van der Waals surface area contributed by atoms with Crippen LogP contribution in [0.15, 0.2) is 12.1 Å². The van der Waals surface area contributed by atoms with Gasteiger partial charge in [0.15, 0.2) is 0 Å². The first kappa shape index (κ1) is 12.4. The van der Waals surface area contributed by atoms with Crippen molar-refractivity contribution in [2.75, 3.05) is 6.54 Å². The molecule has 0 aromatic carbocycles. The van der Waals surface area contributed by atoms with Crippen molar-refractivity contribution in [3.05, 3.63) is 21.9 Å². The van der Waals surface area contributed by atoms with E-state index in [-0.39, 0.29) is 0 Å². The Morgan fingerprint density at radius 1 is 1.21 bits per heavy atom. The lowest BCUT2D eigenvalue weighted by molar-refractivity contribution is 0.378. The average molecular weight is 275 g/mol. The molecule has 5 unspecified atom stereocenters. The highest BCUT2D eigenvalue weighted by Crippen LogP contribution is 2.72. The van der Waals surface area contributed by atoms with Gasteiger partial charge in [0, 0.05) is 15.8 Å². The first-order valence-electron chi connectivity index (χ1n) is 8.15. The van der Waals surface area contributed by atoms with Crippen LogP contribution in [0.4, 0.5) is 0 Å². The van der Waals surface area contributed by atoms with E-state index >= 15 is 0 Å². The zero-order valence-corrected chi connectivity index (χ0v) is 12.9. The van der Waals surface area contributed by atoms with E-state index in [1.165, 1.54) is 19.3 Å². The summed E-state index contributed by atoms with van der Waals surface area (Å²) in [5.41, 5.74) is 0. The van der Waals surface area contributed by atoms with Crippen molar-refractivity contribution in [2.45, 2.75) is 45.6 Å². The molecule has 2 heteroatoms. The maximum atomic E-state index is 3.81. The van der Waals surface area contributed by atoms with E-state index in [2.05, 4.69) is 31.3 Å². The van der Waals surface area contributed by atoms with Gasteiger partial charge in [-0.05, 0) is 74.0 Å². The molecular weight excluding hydrogens is 250 g/mol. The molecule has 1 aromatic heterocycles. The molecule has 2 bridgehead atoms. The third-order valence-corrected chi connectivity index (χ3v) is 7.25. The van der Waals surface area contributed by atoms with Gasteiger partial charge in [-0.3, -0.25) is 0 Å². The smallest absolute Gasteiger partial charge is 0.0449 e. The zero-order chi connectivity index (χ0) is 13.0. The highest BCUT2D eigenvalue weighted by molar-refractivity contribution is 7.12. The number of fused-ring (bicyclic) bond motifs is 5. The molecule has 3 fully saturated rings. The zero-order valence-electron chi connectivity index (χ0n) is 12.1. The molecule has 19 heavy (non-hydrogen) atoms. The van der Waals surface area contributed by atoms with Crippen LogP contribution in [0.5, 0.6) is 0 Å². The van der Waals surface area contributed by atoms with E-state index in [1.54, 1.807) is 16.2 Å². The van der Waals surface area contributed by atoms with Crippen molar-refractivity contribution in [1.82, 2.24) is 5.32 Å². The Labute approximate surface area is 120 Å². The molecule has 4 rings (SSSR count). The van der Waals surface area contributed by atoms with Gasteiger partial charge in [0.2, 0.25) is 0 Å². The topological polar surface area (TPSA) is 12.0 Å². The number of aryl methyl sites for hydroxylation is 1. The van der Waals surface area contributed by atoms with Crippen molar-refractivity contribution >= 4 is 11.3 Å². The van der Waals surface area contributed by atoms with Crippen LogP contribution < -0.4 is 5.32 Å². The van der Waals surface area contributed by atoms with Gasteiger partial charge in [-0.25, -0.2) is 0 Å². The summed E-state index contributed by atoms with van der Waals surface area (Å²) >= 11 is 2.05. The van der Waals surface area contributed by atoms with E-state index in [1.807, 2.05) is 11.3 Å². The van der Waals surface area contributed by atoms with E-state index in [4.69, 9.17) is 0 Å². The van der Waals surface area contributed by atoms with Crippen LogP contribution in [0.2, 0.25) is 0 Å². The number of thiophene rings is 1. The summed E-state index contributed by atoms with van der Waals surface area (Å²) in [4.78, 5) is 3.16. The van der Waals surface area contributed by atoms with Crippen molar-refractivity contribution in [2.24, 2.45) is 29.6 Å². The molecule has 3 saturated carbocycles. The van der Waals surface area contributed by atoms with Gasteiger partial charge in [-0.15, -0.1) is 11.3 Å². The van der Waals surface area contributed by atoms with Gasteiger partial charge in [0.25, 0.3) is 0 Å².